The minimum absolute atomic E-state index is 0.0478. The van der Waals surface area contributed by atoms with E-state index < -0.39 is 11.6 Å². The molecule has 2 aliphatic rings. The highest BCUT2D eigenvalue weighted by Gasteiger charge is 2.52. The van der Waals surface area contributed by atoms with Crippen molar-refractivity contribution < 1.29 is 14.7 Å². The molecule has 0 aromatic carbocycles. The Morgan fingerprint density at radius 1 is 1.40 bits per heavy atom. The number of hydrogen-bond donors (Lipinski definition) is 2. The van der Waals surface area contributed by atoms with Crippen LogP contribution in [-0.4, -0.2) is 90.7 Å². The lowest BCUT2D eigenvalue weighted by Gasteiger charge is -2.56. The molecule has 0 aromatic rings. The van der Waals surface area contributed by atoms with E-state index in [1.54, 1.807) is 11.0 Å². The summed E-state index contributed by atoms with van der Waals surface area (Å²) < 4.78 is 0. The van der Waals surface area contributed by atoms with Crippen LogP contribution in [0.4, 0.5) is 4.79 Å². The number of nitrogens with zero attached hydrogens (tertiary/aromatic N) is 3. The van der Waals surface area contributed by atoms with Crippen LogP contribution >= 0.6 is 0 Å². The summed E-state index contributed by atoms with van der Waals surface area (Å²) in [5.41, 5.74) is -0.435. The van der Waals surface area contributed by atoms with Crippen molar-refractivity contribution in [3.05, 3.63) is 12.2 Å². The number of likely N-dealkylation sites (N-methyl/N-ethyl adjacent to an activating group) is 1. The van der Waals surface area contributed by atoms with Gasteiger partial charge in [-0.25, -0.2) is 4.79 Å². The summed E-state index contributed by atoms with van der Waals surface area (Å²) in [6, 6.07) is 0. The van der Waals surface area contributed by atoms with E-state index in [-0.39, 0.29) is 5.91 Å². The molecule has 7 heteroatoms. The van der Waals surface area contributed by atoms with Crippen LogP contribution in [0, 0.1) is 0 Å². The van der Waals surface area contributed by atoms with Crippen LogP contribution in [0.5, 0.6) is 0 Å². The van der Waals surface area contributed by atoms with E-state index in [1.807, 2.05) is 25.1 Å². The summed E-state index contributed by atoms with van der Waals surface area (Å²) in [7, 11) is 3.87. The zero-order valence-corrected chi connectivity index (χ0v) is 12.0. The average Bonchev–Trinajstić information content (AvgIpc) is 2.35. The van der Waals surface area contributed by atoms with Gasteiger partial charge >= 0.3 is 6.09 Å². The summed E-state index contributed by atoms with van der Waals surface area (Å²) in [4.78, 5) is 28.3. The number of carbonyl (C=O) groups is 2. The molecule has 112 valence electrons. The number of piperazine rings is 1. The number of carbonyl (C=O) groups excluding carboxylic acids is 1. The third kappa shape index (κ3) is 2.94. The maximum atomic E-state index is 11.9. The average molecular weight is 282 g/mol. The highest BCUT2D eigenvalue weighted by atomic mass is 16.4. The maximum Gasteiger partial charge on any atom is 0.407 e. The van der Waals surface area contributed by atoms with E-state index in [9.17, 15) is 14.7 Å². The van der Waals surface area contributed by atoms with Crippen molar-refractivity contribution in [2.75, 3.05) is 53.4 Å². The molecule has 2 rings (SSSR count). The normalized spacial score (nSPS) is 21.6. The Bertz CT molecular complexity index is 416. The molecule has 2 amide bonds. The van der Waals surface area contributed by atoms with Crippen LogP contribution in [0.3, 0.4) is 0 Å². The van der Waals surface area contributed by atoms with Gasteiger partial charge in [0.25, 0.3) is 0 Å². The molecule has 7 nitrogen and oxygen atoms in total. The summed E-state index contributed by atoms with van der Waals surface area (Å²) in [5.74, 6) is -0.0478. The Morgan fingerprint density at radius 3 is 2.70 bits per heavy atom. The van der Waals surface area contributed by atoms with Crippen LogP contribution in [0.2, 0.25) is 0 Å². The molecule has 2 fully saturated rings. The largest absolute Gasteiger partial charge is 0.465 e. The van der Waals surface area contributed by atoms with E-state index in [0.717, 1.165) is 0 Å². The SMILES string of the molecule is CN(C)CC=CC(=O)N1CC2(CNCCN2C(=O)O)C1. The first-order chi connectivity index (χ1) is 9.44. The summed E-state index contributed by atoms with van der Waals surface area (Å²) in [6.07, 6.45) is 2.48. The summed E-state index contributed by atoms with van der Waals surface area (Å²) in [6.45, 7) is 3.42. The molecule has 20 heavy (non-hydrogen) atoms. The number of hydrogen-bond acceptors (Lipinski definition) is 4. The molecule has 0 saturated carbocycles. The molecular formula is C13H22N4O3. The maximum absolute atomic E-state index is 11.9. The first-order valence-electron chi connectivity index (χ1n) is 6.76. The second-order valence-corrected chi connectivity index (χ2v) is 5.69. The second-order valence-electron chi connectivity index (χ2n) is 5.69. The van der Waals surface area contributed by atoms with Crippen molar-refractivity contribution in [2.24, 2.45) is 0 Å². The number of amides is 2. The fourth-order valence-corrected chi connectivity index (χ4v) is 2.72. The molecule has 2 aliphatic heterocycles. The number of rotatable bonds is 3. The topological polar surface area (TPSA) is 76.1 Å². The highest BCUT2D eigenvalue weighted by Crippen LogP contribution is 2.29. The lowest BCUT2D eigenvalue weighted by Crippen LogP contribution is -2.78. The third-order valence-corrected chi connectivity index (χ3v) is 3.78. The van der Waals surface area contributed by atoms with Crippen molar-refractivity contribution in [2.45, 2.75) is 5.54 Å². The van der Waals surface area contributed by atoms with E-state index in [4.69, 9.17) is 0 Å². The molecule has 2 saturated heterocycles. The zero-order valence-electron chi connectivity index (χ0n) is 12.0. The van der Waals surface area contributed by atoms with Crippen molar-refractivity contribution >= 4 is 12.0 Å². The van der Waals surface area contributed by atoms with Gasteiger partial charge in [-0.1, -0.05) is 6.08 Å². The Balaban J connectivity index is 1.90. The Labute approximate surface area is 118 Å². The van der Waals surface area contributed by atoms with Gasteiger partial charge in [0.1, 0.15) is 0 Å². The summed E-state index contributed by atoms with van der Waals surface area (Å²) in [5, 5.41) is 12.5. The molecular weight excluding hydrogens is 260 g/mol. The highest BCUT2D eigenvalue weighted by molar-refractivity contribution is 5.88. The van der Waals surface area contributed by atoms with Crippen molar-refractivity contribution in [3.8, 4) is 0 Å². The molecule has 0 radical (unpaired) electrons. The molecule has 0 aliphatic carbocycles. The van der Waals surface area contributed by atoms with E-state index in [0.29, 0.717) is 39.3 Å². The van der Waals surface area contributed by atoms with Gasteiger partial charge in [0.2, 0.25) is 5.91 Å². The molecule has 0 bridgehead atoms. The second kappa shape index (κ2) is 5.80. The first kappa shape index (κ1) is 14.8. The van der Waals surface area contributed by atoms with Gasteiger partial charge < -0.3 is 20.2 Å². The fourth-order valence-electron chi connectivity index (χ4n) is 2.72. The minimum Gasteiger partial charge on any atom is -0.465 e. The molecule has 0 aromatic heterocycles. The zero-order chi connectivity index (χ0) is 14.8. The number of likely N-dealkylation sites (tertiary alicyclic amines) is 1. The van der Waals surface area contributed by atoms with Crippen LogP contribution in [0.25, 0.3) is 0 Å². The first-order valence-corrected chi connectivity index (χ1v) is 6.76. The van der Waals surface area contributed by atoms with Gasteiger partial charge in [0.05, 0.1) is 5.54 Å². The Hall–Kier alpha value is -1.60. The fraction of sp³-hybridized carbons (Fsp3) is 0.692. The van der Waals surface area contributed by atoms with Gasteiger partial charge in [0.15, 0.2) is 0 Å². The minimum atomic E-state index is -0.901. The molecule has 0 unspecified atom stereocenters. The smallest absolute Gasteiger partial charge is 0.407 e. The lowest BCUT2D eigenvalue weighted by atomic mass is 9.86. The Morgan fingerprint density at radius 2 is 2.10 bits per heavy atom. The van der Waals surface area contributed by atoms with Crippen LogP contribution < -0.4 is 5.32 Å². The van der Waals surface area contributed by atoms with Crippen molar-refractivity contribution in [1.82, 2.24) is 20.0 Å². The van der Waals surface area contributed by atoms with Gasteiger partial charge in [-0.15, -0.1) is 0 Å². The lowest BCUT2D eigenvalue weighted by molar-refractivity contribution is -0.140. The van der Waals surface area contributed by atoms with Gasteiger partial charge in [-0.3, -0.25) is 9.69 Å². The molecule has 1 spiro atoms. The van der Waals surface area contributed by atoms with Gasteiger partial charge in [-0.05, 0) is 14.1 Å². The standard InChI is InChI=1S/C13H22N4O3/c1-15(2)6-3-4-11(18)16-9-13(10-16)8-14-5-7-17(13)12(19)20/h3-4,14H,5-10H2,1-2H3,(H,19,20). The number of carboxylic acid groups (broad SMARTS) is 1. The molecule has 0 atom stereocenters. The quantitative estimate of drug-likeness (QED) is 0.667. The third-order valence-electron chi connectivity index (χ3n) is 3.78. The van der Waals surface area contributed by atoms with E-state index in [2.05, 4.69) is 5.32 Å². The van der Waals surface area contributed by atoms with Crippen LogP contribution in [-0.2, 0) is 4.79 Å². The van der Waals surface area contributed by atoms with Crippen molar-refractivity contribution in [1.29, 1.82) is 0 Å². The molecule has 2 heterocycles. The predicted molar refractivity (Wildman–Crippen MR) is 74.6 cm³/mol. The van der Waals surface area contributed by atoms with Gasteiger partial charge in [-0.2, -0.15) is 0 Å². The molecule has 2 N–H and O–H groups in total. The predicted octanol–water partition coefficient (Wildman–Crippen LogP) is -0.732. The van der Waals surface area contributed by atoms with Gasteiger partial charge in [0, 0.05) is 45.3 Å². The van der Waals surface area contributed by atoms with E-state index >= 15 is 0 Å². The summed E-state index contributed by atoms with van der Waals surface area (Å²) >= 11 is 0. The number of nitrogens with one attached hydrogen (secondary N) is 1. The Kier molecular flexibility index (Phi) is 4.29. The van der Waals surface area contributed by atoms with Crippen molar-refractivity contribution in [3.63, 3.8) is 0 Å². The van der Waals surface area contributed by atoms with Crippen LogP contribution in [0.1, 0.15) is 0 Å². The van der Waals surface area contributed by atoms with Crippen LogP contribution in [0.15, 0.2) is 12.2 Å². The monoisotopic (exact) mass is 282 g/mol. The van der Waals surface area contributed by atoms with E-state index in [1.165, 1.54) is 4.90 Å².